The second kappa shape index (κ2) is 2.47. The molecule has 0 unspecified atom stereocenters. The van der Waals surface area contributed by atoms with E-state index >= 15 is 0 Å². The molecule has 5 atom stereocenters. The normalized spacial score (nSPS) is 56.2. The predicted octanol–water partition coefficient (Wildman–Crippen LogP) is 2.05. The van der Waals surface area contributed by atoms with Crippen LogP contribution in [0.3, 0.4) is 0 Å². The molecule has 0 aliphatic heterocycles. The molecular formula is C11H18O. The van der Waals surface area contributed by atoms with E-state index in [0.717, 1.165) is 23.7 Å². The molecule has 0 aromatic rings. The molecule has 0 heterocycles. The first-order chi connectivity index (χ1) is 5.92. The lowest BCUT2D eigenvalue weighted by Crippen LogP contribution is -2.49. The van der Waals surface area contributed by atoms with Crippen molar-refractivity contribution in [3.63, 3.8) is 0 Å². The lowest BCUT2D eigenvalue weighted by atomic mass is 9.52. The third-order valence-electron chi connectivity index (χ3n) is 4.83. The fourth-order valence-electron chi connectivity index (χ4n) is 4.39. The van der Waals surface area contributed by atoms with Gasteiger partial charge in [-0.3, -0.25) is 0 Å². The van der Waals surface area contributed by atoms with E-state index in [1.54, 1.807) is 0 Å². The number of rotatable bonds is 1. The van der Waals surface area contributed by atoms with Crippen molar-refractivity contribution in [2.75, 3.05) is 6.61 Å². The highest BCUT2D eigenvalue weighted by Crippen LogP contribution is 2.62. The molecule has 0 saturated heterocycles. The molecule has 0 aromatic carbocycles. The van der Waals surface area contributed by atoms with Gasteiger partial charge in [-0.2, -0.15) is 0 Å². The molecule has 0 bridgehead atoms. The summed E-state index contributed by atoms with van der Waals surface area (Å²) in [4.78, 5) is 0. The SMILES string of the molecule is OC[C@@H]1[C@@H]2CCC[C@@H]3CC[C@@H]1[C@H]32. The first kappa shape index (κ1) is 7.37. The first-order valence-electron chi connectivity index (χ1n) is 5.52. The Bertz CT molecular complexity index is 189. The molecule has 1 nitrogen and oxygen atoms in total. The summed E-state index contributed by atoms with van der Waals surface area (Å²) in [5.41, 5.74) is 0. The smallest absolute Gasteiger partial charge is 0.0464 e. The molecule has 1 heteroatoms. The third-order valence-corrected chi connectivity index (χ3v) is 4.83. The molecule has 0 spiro atoms. The second-order valence-corrected chi connectivity index (χ2v) is 5.02. The van der Waals surface area contributed by atoms with Crippen molar-refractivity contribution >= 4 is 0 Å². The number of aliphatic hydroxyl groups excluding tert-OH is 1. The lowest BCUT2D eigenvalue weighted by molar-refractivity contribution is -0.0754. The van der Waals surface area contributed by atoms with Crippen LogP contribution in [0.1, 0.15) is 32.1 Å². The van der Waals surface area contributed by atoms with E-state index in [-0.39, 0.29) is 0 Å². The van der Waals surface area contributed by atoms with E-state index in [1.165, 1.54) is 32.1 Å². The molecule has 3 aliphatic rings. The van der Waals surface area contributed by atoms with Crippen LogP contribution in [0, 0.1) is 29.6 Å². The van der Waals surface area contributed by atoms with Crippen LogP contribution in [-0.4, -0.2) is 11.7 Å². The quantitative estimate of drug-likeness (QED) is 0.632. The van der Waals surface area contributed by atoms with Crippen molar-refractivity contribution in [1.82, 2.24) is 0 Å². The second-order valence-electron chi connectivity index (χ2n) is 5.02. The molecule has 0 radical (unpaired) electrons. The summed E-state index contributed by atoms with van der Waals surface area (Å²) in [5.74, 6) is 4.69. The van der Waals surface area contributed by atoms with Crippen molar-refractivity contribution in [3.05, 3.63) is 0 Å². The molecule has 3 aliphatic carbocycles. The van der Waals surface area contributed by atoms with E-state index in [9.17, 15) is 5.11 Å². The number of aliphatic hydroxyl groups is 1. The summed E-state index contributed by atoms with van der Waals surface area (Å²) in [5, 5.41) is 9.24. The Hall–Kier alpha value is -0.0400. The van der Waals surface area contributed by atoms with Gasteiger partial charge in [-0.15, -0.1) is 0 Å². The molecule has 68 valence electrons. The Morgan fingerprint density at radius 3 is 2.67 bits per heavy atom. The highest BCUT2D eigenvalue weighted by atomic mass is 16.3. The molecule has 12 heavy (non-hydrogen) atoms. The van der Waals surface area contributed by atoms with Crippen molar-refractivity contribution in [2.45, 2.75) is 32.1 Å². The van der Waals surface area contributed by atoms with Gasteiger partial charge in [0.1, 0.15) is 0 Å². The number of hydrogen-bond donors (Lipinski definition) is 1. The van der Waals surface area contributed by atoms with E-state index in [0.29, 0.717) is 12.5 Å². The van der Waals surface area contributed by atoms with E-state index in [2.05, 4.69) is 0 Å². The van der Waals surface area contributed by atoms with Gasteiger partial charge in [-0.05, 0) is 48.9 Å². The van der Waals surface area contributed by atoms with Gasteiger partial charge >= 0.3 is 0 Å². The van der Waals surface area contributed by atoms with Crippen LogP contribution in [0.15, 0.2) is 0 Å². The van der Waals surface area contributed by atoms with Gasteiger partial charge < -0.3 is 5.11 Å². The lowest BCUT2D eigenvalue weighted by Gasteiger charge is -2.53. The monoisotopic (exact) mass is 166 g/mol. The summed E-state index contributed by atoms with van der Waals surface area (Å²) in [6, 6.07) is 0. The van der Waals surface area contributed by atoms with Crippen LogP contribution in [0.4, 0.5) is 0 Å². The highest BCUT2D eigenvalue weighted by molar-refractivity contribution is 5.05. The fourth-order valence-corrected chi connectivity index (χ4v) is 4.39. The first-order valence-corrected chi connectivity index (χ1v) is 5.52. The number of hydrogen-bond acceptors (Lipinski definition) is 1. The largest absolute Gasteiger partial charge is 0.396 e. The average molecular weight is 166 g/mol. The summed E-state index contributed by atoms with van der Waals surface area (Å²) < 4.78 is 0. The minimum Gasteiger partial charge on any atom is -0.396 e. The highest BCUT2D eigenvalue weighted by Gasteiger charge is 2.56. The Labute approximate surface area is 74.2 Å². The molecular weight excluding hydrogens is 148 g/mol. The summed E-state index contributed by atoms with van der Waals surface area (Å²) >= 11 is 0. The Morgan fingerprint density at radius 1 is 1.00 bits per heavy atom. The van der Waals surface area contributed by atoms with Crippen LogP contribution >= 0.6 is 0 Å². The molecule has 3 fully saturated rings. The fraction of sp³-hybridized carbons (Fsp3) is 1.00. The van der Waals surface area contributed by atoms with Crippen LogP contribution in [0.5, 0.6) is 0 Å². The standard InChI is InChI=1S/C11H18O/c12-6-10-8-3-1-2-7-4-5-9(10)11(7)8/h7-12H,1-6H2/t7-,8+,9+,10-,11-/m1/s1. The van der Waals surface area contributed by atoms with Gasteiger partial charge in [-0.1, -0.05) is 12.8 Å². The summed E-state index contributed by atoms with van der Waals surface area (Å²) in [6.07, 6.45) is 7.26. The maximum absolute atomic E-state index is 9.24. The Balaban J connectivity index is 1.82. The van der Waals surface area contributed by atoms with Gasteiger partial charge in [0.25, 0.3) is 0 Å². The van der Waals surface area contributed by atoms with Crippen LogP contribution in [-0.2, 0) is 0 Å². The van der Waals surface area contributed by atoms with Gasteiger partial charge in [0, 0.05) is 6.61 Å². The van der Waals surface area contributed by atoms with Crippen molar-refractivity contribution in [2.24, 2.45) is 29.6 Å². The molecule has 0 aromatic heterocycles. The van der Waals surface area contributed by atoms with Crippen LogP contribution in [0.2, 0.25) is 0 Å². The molecule has 0 amide bonds. The van der Waals surface area contributed by atoms with Crippen molar-refractivity contribution < 1.29 is 5.11 Å². The van der Waals surface area contributed by atoms with E-state index < -0.39 is 0 Å². The molecule has 3 saturated carbocycles. The molecule has 3 rings (SSSR count). The maximum Gasteiger partial charge on any atom is 0.0464 e. The minimum absolute atomic E-state index is 0.471. The van der Waals surface area contributed by atoms with E-state index in [1.807, 2.05) is 0 Å². The maximum atomic E-state index is 9.24. The van der Waals surface area contributed by atoms with Gasteiger partial charge in [-0.25, -0.2) is 0 Å². The van der Waals surface area contributed by atoms with E-state index in [4.69, 9.17) is 0 Å². The van der Waals surface area contributed by atoms with Crippen molar-refractivity contribution in [1.29, 1.82) is 0 Å². The topological polar surface area (TPSA) is 20.2 Å². The van der Waals surface area contributed by atoms with Gasteiger partial charge in [0.15, 0.2) is 0 Å². The Kier molecular flexibility index (Phi) is 1.52. The minimum atomic E-state index is 0.471. The average Bonchev–Trinajstić information content (AvgIpc) is 2.45. The predicted molar refractivity (Wildman–Crippen MR) is 47.6 cm³/mol. The van der Waals surface area contributed by atoms with Crippen LogP contribution in [0.25, 0.3) is 0 Å². The summed E-state index contributed by atoms with van der Waals surface area (Å²) in [6.45, 7) is 0.471. The van der Waals surface area contributed by atoms with Crippen molar-refractivity contribution in [3.8, 4) is 0 Å². The van der Waals surface area contributed by atoms with Gasteiger partial charge in [0.2, 0.25) is 0 Å². The zero-order valence-electron chi connectivity index (χ0n) is 7.58. The zero-order chi connectivity index (χ0) is 8.13. The molecule has 1 N–H and O–H groups in total. The summed E-state index contributed by atoms with van der Waals surface area (Å²) in [7, 11) is 0. The third kappa shape index (κ3) is 0.736. The zero-order valence-corrected chi connectivity index (χ0v) is 7.58. The Morgan fingerprint density at radius 2 is 1.83 bits per heavy atom. The van der Waals surface area contributed by atoms with Gasteiger partial charge in [0.05, 0.1) is 0 Å². The van der Waals surface area contributed by atoms with Crippen LogP contribution < -0.4 is 0 Å².